The summed E-state index contributed by atoms with van der Waals surface area (Å²) in [5.74, 6) is -0.197. The molecule has 0 bridgehead atoms. The average molecular weight is 346 g/mol. The molecule has 2 rings (SSSR count). The number of benzene rings is 1. The third-order valence-electron chi connectivity index (χ3n) is 3.07. The molecule has 0 aliphatic carbocycles. The Bertz CT molecular complexity index is 521. The number of rotatable bonds is 2. The van der Waals surface area contributed by atoms with Crippen LogP contribution >= 0.6 is 27.5 Å². The Morgan fingerprint density at radius 1 is 1.47 bits per heavy atom. The lowest BCUT2D eigenvalue weighted by atomic mass is 10.2. The number of anilines is 1. The van der Waals surface area contributed by atoms with Crippen LogP contribution < -0.4 is 10.2 Å². The first-order valence-corrected chi connectivity index (χ1v) is 7.25. The molecular weight excluding hydrogens is 332 g/mol. The number of nitrogens with one attached hydrogen (secondary N) is 1. The average Bonchev–Trinajstić information content (AvgIpc) is 2.52. The molecule has 1 aromatic carbocycles. The summed E-state index contributed by atoms with van der Waals surface area (Å²) in [7, 11) is 0. The van der Waals surface area contributed by atoms with Crippen LogP contribution in [-0.4, -0.2) is 24.4 Å². The van der Waals surface area contributed by atoms with E-state index in [9.17, 15) is 9.59 Å². The summed E-state index contributed by atoms with van der Waals surface area (Å²) in [5, 5.41) is 3.29. The van der Waals surface area contributed by atoms with Crippen molar-refractivity contribution >= 4 is 45.0 Å². The molecule has 0 spiro atoms. The molecule has 1 fully saturated rings. The van der Waals surface area contributed by atoms with Crippen LogP contribution in [0.4, 0.5) is 5.69 Å². The van der Waals surface area contributed by atoms with Gasteiger partial charge in [-0.1, -0.05) is 18.5 Å². The number of halogens is 2. The summed E-state index contributed by atoms with van der Waals surface area (Å²) in [6.07, 6.45) is 0.862. The summed E-state index contributed by atoms with van der Waals surface area (Å²) >= 11 is 9.40. The minimum absolute atomic E-state index is 0.0964. The number of hydrogen-bond acceptors (Lipinski definition) is 2. The largest absolute Gasteiger partial charge is 0.344 e. The van der Waals surface area contributed by atoms with Gasteiger partial charge in [0.05, 0.1) is 5.69 Å². The van der Waals surface area contributed by atoms with Crippen molar-refractivity contribution < 1.29 is 9.59 Å². The van der Waals surface area contributed by atoms with E-state index >= 15 is 0 Å². The van der Waals surface area contributed by atoms with E-state index in [2.05, 4.69) is 21.2 Å². The van der Waals surface area contributed by atoms with Gasteiger partial charge in [0.2, 0.25) is 11.8 Å². The molecular formula is C13H14BrClN2O2. The Kier molecular flexibility index (Phi) is 4.47. The number of carbonyl (C=O) groups excluding carboxylic acids is 2. The van der Waals surface area contributed by atoms with E-state index in [0.717, 1.165) is 4.47 Å². The number of carbonyl (C=O) groups is 2. The van der Waals surface area contributed by atoms with Crippen molar-refractivity contribution in [2.45, 2.75) is 25.8 Å². The smallest absolute Gasteiger partial charge is 0.249 e. The fourth-order valence-corrected chi connectivity index (χ4v) is 2.68. The van der Waals surface area contributed by atoms with Crippen molar-refractivity contribution in [3.8, 4) is 0 Å². The van der Waals surface area contributed by atoms with Crippen LogP contribution in [0.5, 0.6) is 0 Å². The molecule has 19 heavy (non-hydrogen) atoms. The van der Waals surface area contributed by atoms with E-state index in [-0.39, 0.29) is 11.8 Å². The second kappa shape index (κ2) is 5.92. The van der Waals surface area contributed by atoms with E-state index in [0.29, 0.717) is 30.1 Å². The molecule has 0 saturated carbocycles. The van der Waals surface area contributed by atoms with Gasteiger partial charge in [0.1, 0.15) is 6.04 Å². The molecule has 1 unspecified atom stereocenters. The summed E-state index contributed by atoms with van der Waals surface area (Å²) in [5.41, 5.74) is 0.701. The summed E-state index contributed by atoms with van der Waals surface area (Å²) < 4.78 is 0.787. The van der Waals surface area contributed by atoms with Crippen molar-refractivity contribution in [3.63, 3.8) is 0 Å². The predicted octanol–water partition coefficient (Wildman–Crippen LogP) is 2.73. The molecule has 0 aromatic heterocycles. The van der Waals surface area contributed by atoms with Gasteiger partial charge in [-0.05, 0) is 40.5 Å². The van der Waals surface area contributed by atoms with Crippen LogP contribution in [0.25, 0.3) is 0 Å². The van der Waals surface area contributed by atoms with Gasteiger partial charge < -0.3 is 10.2 Å². The fraction of sp³-hybridized carbons (Fsp3) is 0.385. The maximum absolute atomic E-state index is 12.4. The summed E-state index contributed by atoms with van der Waals surface area (Å²) in [6, 6.07) is 4.80. The molecule has 1 atom stereocenters. The number of amides is 2. The lowest BCUT2D eigenvalue weighted by Crippen LogP contribution is -2.44. The quantitative estimate of drug-likeness (QED) is 0.896. The Labute approximate surface area is 125 Å². The number of nitrogens with zero attached hydrogens (tertiary/aromatic N) is 1. The van der Waals surface area contributed by atoms with Crippen molar-refractivity contribution in [1.82, 2.24) is 5.32 Å². The SMILES string of the molecule is CCC1NC(=O)CCN(c2cc(Cl)ccc2Br)C1=O. The minimum Gasteiger partial charge on any atom is -0.344 e. The molecule has 1 saturated heterocycles. The lowest BCUT2D eigenvalue weighted by molar-refractivity contribution is -0.125. The maximum atomic E-state index is 12.4. The molecule has 1 aliphatic rings. The second-order valence-corrected chi connectivity index (χ2v) is 5.65. The topological polar surface area (TPSA) is 49.4 Å². The van der Waals surface area contributed by atoms with E-state index < -0.39 is 6.04 Å². The molecule has 1 N–H and O–H groups in total. The summed E-state index contributed by atoms with van der Waals surface area (Å²) in [4.78, 5) is 25.6. The van der Waals surface area contributed by atoms with E-state index in [1.165, 1.54) is 0 Å². The highest BCUT2D eigenvalue weighted by Crippen LogP contribution is 2.30. The van der Waals surface area contributed by atoms with Gasteiger partial charge >= 0.3 is 0 Å². The third kappa shape index (κ3) is 3.09. The lowest BCUT2D eigenvalue weighted by Gasteiger charge is -2.24. The molecule has 0 radical (unpaired) electrons. The van der Waals surface area contributed by atoms with Crippen molar-refractivity contribution in [3.05, 3.63) is 27.7 Å². The van der Waals surface area contributed by atoms with Crippen LogP contribution in [-0.2, 0) is 9.59 Å². The van der Waals surface area contributed by atoms with Gasteiger partial charge in [-0.25, -0.2) is 0 Å². The maximum Gasteiger partial charge on any atom is 0.249 e. The summed E-state index contributed by atoms with van der Waals surface area (Å²) in [6.45, 7) is 2.24. The highest BCUT2D eigenvalue weighted by atomic mass is 79.9. The molecule has 2 amide bonds. The minimum atomic E-state index is -0.471. The predicted molar refractivity (Wildman–Crippen MR) is 78.3 cm³/mol. The molecule has 1 heterocycles. The zero-order valence-electron chi connectivity index (χ0n) is 10.5. The normalized spacial score (nSPS) is 20.2. The Balaban J connectivity index is 2.38. The van der Waals surface area contributed by atoms with Gasteiger partial charge in [-0.15, -0.1) is 0 Å². The second-order valence-electron chi connectivity index (χ2n) is 4.36. The first kappa shape index (κ1) is 14.3. The zero-order chi connectivity index (χ0) is 14.0. The highest BCUT2D eigenvalue weighted by molar-refractivity contribution is 9.10. The van der Waals surface area contributed by atoms with Gasteiger partial charge in [0.15, 0.2) is 0 Å². The van der Waals surface area contributed by atoms with Crippen LogP contribution in [0, 0.1) is 0 Å². The monoisotopic (exact) mass is 344 g/mol. The molecule has 6 heteroatoms. The Morgan fingerprint density at radius 3 is 2.89 bits per heavy atom. The van der Waals surface area contributed by atoms with E-state index in [1.807, 2.05) is 6.92 Å². The Morgan fingerprint density at radius 2 is 2.21 bits per heavy atom. The molecule has 1 aromatic rings. The van der Waals surface area contributed by atoms with Crippen LogP contribution in [0.1, 0.15) is 19.8 Å². The molecule has 1 aliphatic heterocycles. The van der Waals surface area contributed by atoms with Crippen molar-refractivity contribution in [2.75, 3.05) is 11.4 Å². The molecule has 4 nitrogen and oxygen atoms in total. The van der Waals surface area contributed by atoms with Crippen molar-refractivity contribution in [1.29, 1.82) is 0 Å². The first-order valence-electron chi connectivity index (χ1n) is 6.08. The van der Waals surface area contributed by atoms with Crippen LogP contribution in [0.15, 0.2) is 22.7 Å². The van der Waals surface area contributed by atoms with Gasteiger partial charge in [0.25, 0.3) is 0 Å². The molecule has 102 valence electrons. The van der Waals surface area contributed by atoms with Gasteiger partial charge in [-0.2, -0.15) is 0 Å². The Hall–Kier alpha value is -1.07. The van der Waals surface area contributed by atoms with Crippen LogP contribution in [0.2, 0.25) is 5.02 Å². The first-order chi connectivity index (χ1) is 9.02. The zero-order valence-corrected chi connectivity index (χ0v) is 12.8. The van der Waals surface area contributed by atoms with E-state index in [1.54, 1.807) is 23.1 Å². The highest BCUT2D eigenvalue weighted by Gasteiger charge is 2.30. The van der Waals surface area contributed by atoms with Gasteiger partial charge in [-0.3, -0.25) is 9.59 Å². The fourth-order valence-electron chi connectivity index (χ4n) is 2.05. The standard InChI is InChI=1S/C13H14BrClN2O2/c1-2-10-13(19)17(6-5-12(18)16-10)11-7-8(15)3-4-9(11)14/h3-4,7,10H,2,5-6H2,1H3,(H,16,18). The van der Waals surface area contributed by atoms with Crippen LogP contribution in [0.3, 0.4) is 0 Å². The van der Waals surface area contributed by atoms with Gasteiger partial charge in [0, 0.05) is 22.5 Å². The number of hydrogen-bond donors (Lipinski definition) is 1. The van der Waals surface area contributed by atoms with Crippen molar-refractivity contribution in [2.24, 2.45) is 0 Å². The third-order valence-corrected chi connectivity index (χ3v) is 3.97. The van der Waals surface area contributed by atoms with E-state index in [4.69, 9.17) is 11.6 Å².